The van der Waals surface area contributed by atoms with Gasteiger partial charge in [0.2, 0.25) is 0 Å². The molecule has 5 heteroatoms. The van der Waals surface area contributed by atoms with Crippen LogP contribution in [0.15, 0.2) is 0 Å². The molecule has 0 spiro atoms. The van der Waals surface area contributed by atoms with Crippen molar-refractivity contribution < 1.29 is 13.2 Å². The zero-order valence-electron chi connectivity index (χ0n) is 9.04. The van der Waals surface area contributed by atoms with Gasteiger partial charge in [0.05, 0.1) is 0 Å². The van der Waals surface area contributed by atoms with Crippen molar-refractivity contribution in [3.05, 3.63) is 0 Å². The first-order valence-electron chi connectivity index (χ1n) is 3.56. The molecule has 0 saturated carbocycles. The van der Waals surface area contributed by atoms with E-state index >= 15 is 0 Å². The van der Waals surface area contributed by atoms with E-state index in [4.69, 9.17) is 0 Å². The molecule has 0 rings (SSSR count). The molecule has 0 saturated heterocycles. The maximum atomic E-state index is 9.63. The molecule has 13 heavy (non-hydrogen) atoms. The standard InChI is InChI=1S/C3H6O.C3H6S.C2H6O2S/c2*1-3(2)4;1-5(2,3)4/h2*1-2H3;1-2H3. The van der Waals surface area contributed by atoms with Crippen molar-refractivity contribution >= 4 is 32.7 Å². The third-order valence-corrected chi connectivity index (χ3v) is 0. The lowest BCUT2D eigenvalue weighted by Crippen LogP contribution is -1.86. The van der Waals surface area contributed by atoms with Gasteiger partial charge in [0.15, 0.2) is 0 Å². The van der Waals surface area contributed by atoms with E-state index in [9.17, 15) is 13.2 Å². The summed E-state index contributed by atoms with van der Waals surface area (Å²) in [6, 6.07) is 0. The lowest BCUT2D eigenvalue weighted by atomic mass is 10.6. The van der Waals surface area contributed by atoms with E-state index in [1.807, 2.05) is 13.8 Å². The highest BCUT2D eigenvalue weighted by atomic mass is 32.2. The van der Waals surface area contributed by atoms with Gasteiger partial charge in [-0.1, -0.05) is 12.2 Å². The maximum Gasteiger partial charge on any atom is 0.144 e. The van der Waals surface area contributed by atoms with E-state index in [0.717, 1.165) is 17.4 Å². The summed E-state index contributed by atoms with van der Waals surface area (Å²) in [5, 5.41) is 0. The average Bonchev–Trinajstić information content (AvgIpc) is 1.50. The molecular weight excluding hydrogens is 208 g/mol. The molecule has 0 unspecified atom stereocenters. The number of hydrogen-bond acceptors (Lipinski definition) is 4. The third kappa shape index (κ3) is 13100. The normalized spacial score (nSPS) is 8.46. The lowest BCUT2D eigenvalue weighted by molar-refractivity contribution is -0.114. The Morgan fingerprint density at radius 1 is 1.00 bits per heavy atom. The quantitative estimate of drug-likeness (QED) is 0.589. The summed E-state index contributed by atoms with van der Waals surface area (Å²) in [5.41, 5.74) is 0. The zero-order chi connectivity index (χ0) is 11.7. The van der Waals surface area contributed by atoms with Crippen LogP contribution in [0.3, 0.4) is 0 Å². The summed E-state index contributed by atoms with van der Waals surface area (Å²) in [5.74, 6) is 0.167. The van der Waals surface area contributed by atoms with Crippen LogP contribution in [0, 0.1) is 0 Å². The molecule has 0 atom stereocenters. The second kappa shape index (κ2) is 9.80. The van der Waals surface area contributed by atoms with Gasteiger partial charge >= 0.3 is 0 Å². The van der Waals surface area contributed by atoms with Crippen molar-refractivity contribution in [1.29, 1.82) is 0 Å². The first-order valence-corrected chi connectivity index (χ1v) is 6.27. The van der Waals surface area contributed by atoms with Gasteiger partial charge < -0.3 is 4.79 Å². The fourth-order valence-corrected chi connectivity index (χ4v) is 0. The summed E-state index contributed by atoms with van der Waals surface area (Å²) >= 11 is 4.54. The molecule has 0 aromatic heterocycles. The van der Waals surface area contributed by atoms with Crippen LogP contribution in [-0.2, 0) is 14.6 Å². The number of sulfone groups is 1. The molecule has 0 radical (unpaired) electrons. The predicted molar refractivity (Wildman–Crippen MR) is 61.1 cm³/mol. The monoisotopic (exact) mass is 226 g/mol. The molecule has 0 aliphatic carbocycles. The molecule has 0 bridgehead atoms. The summed E-state index contributed by atoms with van der Waals surface area (Å²) in [6.07, 6.45) is 2.32. The van der Waals surface area contributed by atoms with Crippen molar-refractivity contribution in [2.75, 3.05) is 12.5 Å². The second-order valence-electron chi connectivity index (χ2n) is 2.96. The van der Waals surface area contributed by atoms with Crippen molar-refractivity contribution in [3.8, 4) is 0 Å². The summed E-state index contributed by atoms with van der Waals surface area (Å²) in [6.45, 7) is 6.85. The summed E-state index contributed by atoms with van der Waals surface area (Å²) < 4.78 is 19.3. The molecule has 0 aliphatic rings. The lowest BCUT2D eigenvalue weighted by Gasteiger charge is -1.69. The number of carbonyl (C=O) groups is 1. The Labute approximate surface area is 86.5 Å². The van der Waals surface area contributed by atoms with Crippen molar-refractivity contribution in [2.24, 2.45) is 0 Å². The van der Waals surface area contributed by atoms with E-state index in [1.54, 1.807) is 0 Å². The van der Waals surface area contributed by atoms with E-state index in [-0.39, 0.29) is 5.78 Å². The second-order valence-corrected chi connectivity index (χ2v) is 6.06. The van der Waals surface area contributed by atoms with Gasteiger partial charge in [0.25, 0.3) is 0 Å². The molecule has 0 amide bonds. The van der Waals surface area contributed by atoms with Crippen LogP contribution in [0.1, 0.15) is 27.7 Å². The van der Waals surface area contributed by atoms with E-state index < -0.39 is 9.84 Å². The van der Waals surface area contributed by atoms with Crippen LogP contribution in [0.5, 0.6) is 0 Å². The molecule has 3 nitrogen and oxygen atoms in total. The Bertz CT molecular complexity index is 212. The third-order valence-electron chi connectivity index (χ3n) is 0. The molecule has 0 N–H and O–H groups in total. The van der Waals surface area contributed by atoms with Crippen LogP contribution in [0.4, 0.5) is 0 Å². The Morgan fingerprint density at radius 2 is 1.00 bits per heavy atom. The van der Waals surface area contributed by atoms with Gasteiger partial charge in [-0.2, -0.15) is 0 Å². The minimum Gasteiger partial charge on any atom is -0.300 e. The predicted octanol–water partition coefficient (Wildman–Crippen LogP) is 1.65. The fraction of sp³-hybridized carbons (Fsp3) is 0.750. The Morgan fingerprint density at radius 3 is 1.00 bits per heavy atom. The first kappa shape index (κ1) is 18.5. The van der Waals surface area contributed by atoms with Crippen molar-refractivity contribution in [2.45, 2.75) is 27.7 Å². The highest BCUT2D eigenvalue weighted by Crippen LogP contribution is 1.62. The van der Waals surface area contributed by atoms with Gasteiger partial charge in [-0.3, -0.25) is 0 Å². The van der Waals surface area contributed by atoms with Gasteiger partial charge in [-0.05, 0) is 32.6 Å². The molecular formula is C8H18O3S2. The minimum absolute atomic E-state index is 0.167. The number of thiocarbonyl (C=S) groups is 1. The van der Waals surface area contributed by atoms with Crippen molar-refractivity contribution in [3.63, 3.8) is 0 Å². The van der Waals surface area contributed by atoms with E-state index in [1.165, 1.54) is 13.8 Å². The zero-order valence-corrected chi connectivity index (χ0v) is 10.7. The number of Topliss-reactive ketones (excluding diaryl/α,β-unsaturated/α-hetero) is 1. The smallest absolute Gasteiger partial charge is 0.144 e. The van der Waals surface area contributed by atoms with Crippen molar-refractivity contribution in [1.82, 2.24) is 0 Å². The van der Waals surface area contributed by atoms with Gasteiger partial charge in [-0.25, -0.2) is 8.42 Å². The number of hydrogen-bond donors (Lipinski definition) is 0. The van der Waals surface area contributed by atoms with Gasteiger partial charge in [-0.15, -0.1) is 0 Å². The SMILES string of the molecule is CC(C)=O.CC(C)=S.CS(C)(=O)=O. The Balaban J connectivity index is -0.000000117. The minimum atomic E-state index is -2.67. The summed E-state index contributed by atoms with van der Waals surface area (Å²) in [4.78, 5) is 10.4. The highest BCUT2D eigenvalue weighted by Gasteiger charge is 1.79. The molecule has 0 aromatic rings. The number of carbonyl (C=O) groups excluding carboxylic acids is 1. The van der Waals surface area contributed by atoms with Crippen LogP contribution in [0.25, 0.3) is 0 Å². The number of ketones is 1. The first-order chi connectivity index (χ1) is 5.46. The summed E-state index contributed by atoms with van der Waals surface area (Å²) in [7, 11) is -2.67. The Kier molecular flexibility index (Phi) is 13.9. The van der Waals surface area contributed by atoms with Crippen LogP contribution < -0.4 is 0 Å². The average molecular weight is 226 g/mol. The topological polar surface area (TPSA) is 51.2 Å². The van der Waals surface area contributed by atoms with Crippen LogP contribution in [0.2, 0.25) is 0 Å². The van der Waals surface area contributed by atoms with E-state index in [0.29, 0.717) is 0 Å². The molecule has 0 aliphatic heterocycles. The molecule has 0 aromatic carbocycles. The van der Waals surface area contributed by atoms with Crippen LogP contribution >= 0.6 is 12.2 Å². The Hall–Kier alpha value is -0.290. The number of rotatable bonds is 0. The maximum absolute atomic E-state index is 9.63. The highest BCUT2D eigenvalue weighted by molar-refractivity contribution is 7.89. The molecule has 80 valence electrons. The fourth-order valence-electron chi connectivity index (χ4n) is 0. The van der Waals surface area contributed by atoms with Gasteiger partial charge in [0, 0.05) is 12.5 Å². The van der Waals surface area contributed by atoms with Crippen LogP contribution in [-0.4, -0.2) is 31.6 Å². The largest absolute Gasteiger partial charge is 0.300 e. The molecule has 0 heterocycles. The molecule has 0 fully saturated rings. The van der Waals surface area contributed by atoms with Gasteiger partial charge in [0.1, 0.15) is 15.6 Å². The van der Waals surface area contributed by atoms with E-state index in [2.05, 4.69) is 12.2 Å².